The lowest BCUT2D eigenvalue weighted by Crippen LogP contribution is -2.29. The minimum Gasteiger partial charge on any atom is -0.404 e. The van der Waals surface area contributed by atoms with Gasteiger partial charge in [0.2, 0.25) is 0 Å². The van der Waals surface area contributed by atoms with Gasteiger partial charge in [0.1, 0.15) is 0 Å². The highest BCUT2D eigenvalue weighted by molar-refractivity contribution is 6.01. The van der Waals surface area contributed by atoms with E-state index in [0.29, 0.717) is 17.9 Å². The third-order valence-electron chi connectivity index (χ3n) is 2.07. The van der Waals surface area contributed by atoms with Crippen LogP contribution in [0.2, 0.25) is 0 Å². The average molecular weight is 181 g/mol. The van der Waals surface area contributed by atoms with Gasteiger partial charge in [0.05, 0.1) is 6.04 Å². The molecule has 13 heavy (non-hydrogen) atoms. The van der Waals surface area contributed by atoms with Crippen LogP contribution in [-0.4, -0.2) is 31.6 Å². The van der Waals surface area contributed by atoms with Crippen LogP contribution in [0.3, 0.4) is 0 Å². The molecule has 1 rings (SSSR count). The minimum absolute atomic E-state index is 0.344. The maximum absolute atomic E-state index is 10.4. The Morgan fingerprint density at radius 1 is 1.46 bits per heavy atom. The normalized spacial score (nSPS) is 20.8. The number of carbonyl (C=O) groups is 1. The Labute approximate surface area is 77.9 Å². The van der Waals surface area contributed by atoms with E-state index >= 15 is 0 Å². The molecule has 0 aromatic rings. The van der Waals surface area contributed by atoms with Crippen molar-refractivity contribution in [3.8, 4) is 0 Å². The van der Waals surface area contributed by atoms with Crippen LogP contribution in [-0.2, 0) is 4.79 Å². The summed E-state index contributed by atoms with van der Waals surface area (Å²) in [6, 6.07) is 0.344. The van der Waals surface area contributed by atoms with Crippen molar-refractivity contribution in [2.24, 2.45) is 10.7 Å². The monoisotopic (exact) mass is 181 g/mol. The summed E-state index contributed by atoms with van der Waals surface area (Å²) in [4.78, 5) is 14.6. The summed E-state index contributed by atoms with van der Waals surface area (Å²) >= 11 is 0. The zero-order valence-corrected chi connectivity index (χ0v) is 7.57. The highest BCUT2D eigenvalue weighted by atomic mass is 16.1. The predicted molar refractivity (Wildman–Crippen MR) is 52.7 cm³/mol. The van der Waals surface area contributed by atoms with Crippen LogP contribution in [0.4, 0.5) is 0 Å². The molecule has 1 saturated heterocycles. The smallest absolute Gasteiger partial charge is 0.153 e. The quantitative estimate of drug-likeness (QED) is 0.361. The number of nitrogens with one attached hydrogen (secondary N) is 1. The molecule has 4 heteroatoms. The molecule has 0 radical (unpaired) electrons. The Kier molecular flexibility index (Phi) is 4.18. The van der Waals surface area contributed by atoms with Gasteiger partial charge < -0.3 is 11.1 Å². The zero-order chi connectivity index (χ0) is 9.52. The molecule has 0 bridgehead atoms. The molecule has 0 amide bonds. The van der Waals surface area contributed by atoms with Gasteiger partial charge in [-0.25, -0.2) is 0 Å². The van der Waals surface area contributed by atoms with Crippen molar-refractivity contribution >= 4 is 12.5 Å². The largest absolute Gasteiger partial charge is 0.404 e. The fourth-order valence-electron chi connectivity index (χ4n) is 1.26. The maximum Gasteiger partial charge on any atom is 0.153 e. The molecule has 72 valence electrons. The number of nitrogens with two attached hydrogens (primary N) is 1. The van der Waals surface area contributed by atoms with Gasteiger partial charge in [-0.05, 0) is 25.9 Å². The van der Waals surface area contributed by atoms with E-state index in [2.05, 4.69) is 10.3 Å². The van der Waals surface area contributed by atoms with Crippen LogP contribution in [0.15, 0.2) is 16.8 Å². The third kappa shape index (κ3) is 3.38. The highest BCUT2D eigenvalue weighted by Gasteiger charge is 2.09. The summed E-state index contributed by atoms with van der Waals surface area (Å²) in [5.74, 6) is 0. The standard InChI is InChI=1S/C9H15N3O/c10-5-8(7-13)6-12-9-1-3-11-4-2-9/h5-7,9,11H,1-4,10H2/b8-5+,12-6?. The number of piperidine rings is 1. The molecule has 1 aliphatic rings. The SMILES string of the molecule is N/C=C(/C=O)C=NC1CCNCC1. The number of carbonyl (C=O) groups excluding carboxylic acids is 1. The lowest BCUT2D eigenvalue weighted by atomic mass is 10.1. The topological polar surface area (TPSA) is 67.5 Å². The maximum atomic E-state index is 10.4. The average Bonchev–Trinajstić information content (AvgIpc) is 2.21. The molecular formula is C9H15N3O. The van der Waals surface area contributed by atoms with Crippen LogP contribution >= 0.6 is 0 Å². The molecular weight excluding hydrogens is 166 g/mol. The third-order valence-corrected chi connectivity index (χ3v) is 2.07. The predicted octanol–water partition coefficient (Wildman–Crippen LogP) is -0.149. The van der Waals surface area contributed by atoms with E-state index in [4.69, 9.17) is 5.73 Å². The first-order valence-corrected chi connectivity index (χ1v) is 4.48. The van der Waals surface area contributed by atoms with Crippen molar-refractivity contribution in [2.75, 3.05) is 13.1 Å². The summed E-state index contributed by atoms with van der Waals surface area (Å²) < 4.78 is 0. The molecule has 3 N–H and O–H groups in total. The summed E-state index contributed by atoms with van der Waals surface area (Å²) in [5, 5.41) is 3.25. The fourth-order valence-corrected chi connectivity index (χ4v) is 1.26. The Morgan fingerprint density at radius 3 is 2.69 bits per heavy atom. The van der Waals surface area contributed by atoms with Crippen LogP contribution < -0.4 is 11.1 Å². The molecule has 1 aliphatic heterocycles. The number of hydrogen-bond acceptors (Lipinski definition) is 4. The minimum atomic E-state index is 0.344. The fraction of sp³-hybridized carbons (Fsp3) is 0.556. The highest BCUT2D eigenvalue weighted by Crippen LogP contribution is 2.06. The number of hydrogen-bond donors (Lipinski definition) is 2. The Morgan fingerprint density at radius 2 is 2.15 bits per heavy atom. The number of rotatable bonds is 3. The lowest BCUT2D eigenvalue weighted by molar-refractivity contribution is -0.104. The molecule has 0 saturated carbocycles. The van der Waals surface area contributed by atoms with Gasteiger partial charge in [-0.15, -0.1) is 0 Å². The van der Waals surface area contributed by atoms with Crippen molar-refractivity contribution in [1.29, 1.82) is 0 Å². The van der Waals surface area contributed by atoms with Gasteiger partial charge in [0, 0.05) is 18.0 Å². The summed E-state index contributed by atoms with van der Waals surface area (Å²) in [7, 11) is 0. The Hall–Kier alpha value is -1.16. The number of aliphatic imine (C=N–C) groups is 1. The van der Waals surface area contributed by atoms with E-state index in [1.165, 1.54) is 6.20 Å². The second kappa shape index (κ2) is 5.48. The summed E-state index contributed by atoms with van der Waals surface area (Å²) in [6.45, 7) is 2.01. The van der Waals surface area contributed by atoms with E-state index < -0.39 is 0 Å². The first-order chi connectivity index (χ1) is 6.36. The van der Waals surface area contributed by atoms with Crippen LogP contribution in [0.5, 0.6) is 0 Å². The van der Waals surface area contributed by atoms with E-state index in [-0.39, 0.29) is 0 Å². The number of nitrogens with zero attached hydrogens (tertiary/aromatic N) is 1. The van der Waals surface area contributed by atoms with E-state index in [1.807, 2.05) is 0 Å². The van der Waals surface area contributed by atoms with E-state index in [0.717, 1.165) is 25.9 Å². The van der Waals surface area contributed by atoms with Gasteiger partial charge in [0.25, 0.3) is 0 Å². The molecule has 4 nitrogen and oxygen atoms in total. The van der Waals surface area contributed by atoms with E-state index in [9.17, 15) is 4.79 Å². The van der Waals surface area contributed by atoms with Crippen molar-refractivity contribution in [1.82, 2.24) is 5.32 Å². The first kappa shape index (κ1) is 9.92. The number of aldehydes is 1. The summed E-state index contributed by atoms with van der Waals surface area (Å²) in [5.41, 5.74) is 5.65. The molecule has 1 fully saturated rings. The Balaban J connectivity index is 2.41. The van der Waals surface area contributed by atoms with Gasteiger partial charge in [-0.3, -0.25) is 9.79 Å². The molecule has 0 unspecified atom stereocenters. The van der Waals surface area contributed by atoms with Crippen molar-refractivity contribution in [3.63, 3.8) is 0 Å². The molecule has 0 aromatic heterocycles. The first-order valence-electron chi connectivity index (χ1n) is 4.48. The van der Waals surface area contributed by atoms with Crippen LogP contribution in [0.1, 0.15) is 12.8 Å². The van der Waals surface area contributed by atoms with Crippen molar-refractivity contribution < 1.29 is 4.79 Å². The summed E-state index contributed by atoms with van der Waals surface area (Å²) in [6.07, 6.45) is 5.62. The molecule has 1 heterocycles. The molecule has 0 aromatic carbocycles. The van der Waals surface area contributed by atoms with Crippen LogP contribution in [0, 0.1) is 0 Å². The van der Waals surface area contributed by atoms with Crippen molar-refractivity contribution in [2.45, 2.75) is 18.9 Å². The zero-order valence-electron chi connectivity index (χ0n) is 7.57. The van der Waals surface area contributed by atoms with Gasteiger partial charge in [-0.1, -0.05) is 0 Å². The second-order valence-corrected chi connectivity index (χ2v) is 3.04. The molecule has 0 aliphatic carbocycles. The Bertz CT molecular complexity index is 217. The van der Waals surface area contributed by atoms with E-state index in [1.54, 1.807) is 6.21 Å². The van der Waals surface area contributed by atoms with Crippen LogP contribution in [0.25, 0.3) is 0 Å². The lowest BCUT2D eigenvalue weighted by Gasteiger charge is -2.18. The number of allylic oxidation sites excluding steroid dienone is 1. The van der Waals surface area contributed by atoms with Crippen molar-refractivity contribution in [3.05, 3.63) is 11.8 Å². The van der Waals surface area contributed by atoms with Gasteiger partial charge in [0.15, 0.2) is 6.29 Å². The second-order valence-electron chi connectivity index (χ2n) is 3.04. The molecule has 0 spiro atoms. The van der Waals surface area contributed by atoms with Gasteiger partial charge in [-0.2, -0.15) is 0 Å². The van der Waals surface area contributed by atoms with Gasteiger partial charge >= 0.3 is 0 Å². The molecule has 0 atom stereocenters.